The van der Waals surface area contributed by atoms with Crippen LogP contribution in [-0.4, -0.2) is 15.0 Å². The molecule has 0 unspecified atom stereocenters. The molecule has 0 aliphatic carbocycles. The zero-order valence-corrected chi connectivity index (χ0v) is 13.2. The highest BCUT2D eigenvalue weighted by atomic mass is 15.5. The molecule has 4 heteroatoms. The first-order chi connectivity index (χ1) is 10.6. The standard InChI is InChI=1S/C18H20N4/c1-4-14-7-9-15(10-8-14)17-18(19)22(21-20-17)16-11-12(2)5-6-13(16)3/h5-11H,4,19H2,1-3H3. The molecule has 0 bridgehead atoms. The Labute approximate surface area is 130 Å². The summed E-state index contributed by atoms with van der Waals surface area (Å²) in [6.45, 7) is 6.24. The molecule has 0 atom stereocenters. The molecule has 0 saturated heterocycles. The normalized spacial score (nSPS) is 10.9. The summed E-state index contributed by atoms with van der Waals surface area (Å²) in [5, 5.41) is 8.53. The van der Waals surface area contributed by atoms with Crippen LogP contribution in [0.5, 0.6) is 0 Å². The van der Waals surface area contributed by atoms with Crippen LogP contribution in [-0.2, 0) is 6.42 Å². The van der Waals surface area contributed by atoms with Crippen molar-refractivity contribution in [2.24, 2.45) is 0 Å². The fraction of sp³-hybridized carbons (Fsp3) is 0.222. The Balaban J connectivity index is 2.06. The van der Waals surface area contributed by atoms with Gasteiger partial charge in [-0.15, -0.1) is 5.10 Å². The summed E-state index contributed by atoms with van der Waals surface area (Å²) in [4.78, 5) is 0. The van der Waals surface area contributed by atoms with Gasteiger partial charge < -0.3 is 5.73 Å². The van der Waals surface area contributed by atoms with Gasteiger partial charge in [-0.3, -0.25) is 0 Å². The topological polar surface area (TPSA) is 56.7 Å². The zero-order valence-electron chi connectivity index (χ0n) is 13.2. The van der Waals surface area contributed by atoms with Crippen LogP contribution < -0.4 is 5.73 Å². The van der Waals surface area contributed by atoms with Gasteiger partial charge in [-0.05, 0) is 43.0 Å². The lowest BCUT2D eigenvalue weighted by Gasteiger charge is -2.08. The van der Waals surface area contributed by atoms with Crippen molar-refractivity contribution in [2.75, 3.05) is 5.73 Å². The monoisotopic (exact) mass is 292 g/mol. The molecule has 3 rings (SSSR count). The van der Waals surface area contributed by atoms with Crippen LogP contribution in [0.1, 0.15) is 23.6 Å². The average molecular weight is 292 g/mol. The minimum atomic E-state index is 0.568. The Morgan fingerprint density at radius 2 is 1.77 bits per heavy atom. The van der Waals surface area contributed by atoms with Gasteiger partial charge in [0.1, 0.15) is 5.69 Å². The van der Waals surface area contributed by atoms with Crippen molar-refractivity contribution in [1.82, 2.24) is 15.0 Å². The van der Waals surface area contributed by atoms with Gasteiger partial charge in [-0.2, -0.15) is 4.68 Å². The summed E-state index contributed by atoms with van der Waals surface area (Å²) in [6, 6.07) is 14.5. The van der Waals surface area contributed by atoms with Crippen molar-refractivity contribution in [3.8, 4) is 16.9 Å². The first kappa shape index (κ1) is 14.3. The SMILES string of the molecule is CCc1ccc(-c2nnn(-c3cc(C)ccc3C)c2N)cc1. The molecule has 0 aliphatic rings. The molecular weight excluding hydrogens is 272 g/mol. The predicted molar refractivity (Wildman–Crippen MR) is 90.1 cm³/mol. The summed E-state index contributed by atoms with van der Waals surface area (Å²) in [5.41, 5.74) is 12.6. The number of nitrogen functional groups attached to an aromatic ring is 1. The van der Waals surface area contributed by atoms with Gasteiger partial charge in [0.05, 0.1) is 5.69 Å². The van der Waals surface area contributed by atoms with Crippen LogP contribution in [0.3, 0.4) is 0 Å². The van der Waals surface area contributed by atoms with Gasteiger partial charge in [0.2, 0.25) is 0 Å². The Bertz CT molecular complexity index is 800. The first-order valence-electron chi connectivity index (χ1n) is 7.48. The molecule has 0 saturated carbocycles. The predicted octanol–water partition coefficient (Wildman–Crippen LogP) is 3.70. The molecule has 0 radical (unpaired) electrons. The molecule has 22 heavy (non-hydrogen) atoms. The number of hydrogen-bond acceptors (Lipinski definition) is 3. The van der Waals surface area contributed by atoms with Crippen molar-refractivity contribution >= 4 is 5.82 Å². The molecular formula is C18H20N4. The highest BCUT2D eigenvalue weighted by Crippen LogP contribution is 2.27. The number of anilines is 1. The van der Waals surface area contributed by atoms with Gasteiger partial charge >= 0.3 is 0 Å². The third-order valence-corrected chi connectivity index (χ3v) is 3.93. The fourth-order valence-corrected chi connectivity index (χ4v) is 2.52. The van der Waals surface area contributed by atoms with Gasteiger partial charge in [-0.25, -0.2) is 0 Å². The van der Waals surface area contributed by atoms with E-state index in [2.05, 4.69) is 54.5 Å². The molecule has 2 aromatic carbocycles. The van der Waals surface area contributed by atoms with Crippen LogP contribution in [0, 0.1) is 13.8 Å². The van der Waals surface area contributed by atoms with Gasteiger partial charge in [0, 0.05) is 5.56 Å². The van der Waals surface area contributed by atoms with Crippen molar-refractivity contribution in [3.63, 3.8) is 0 Å². The molecule has 2 N–H and O–H groups in total. The molecule has 0 amide bonds. The zero-order chi connectivity index (χ0) is 15.7. The summed E-state index contributed by atoms with van der Waals surface area (Å²) in [7, 11) is 0. The Kier molecular flexibility index (Phi) is 3.67. The molecule has 0 aliphatic heterocycles. The summed E-state index contributed by atoms with van der Waals surface area (Å²) in [5.74, 6) is 0.568. The lowest BCUT2D eigenvalue weighted by atomic mass is 10.1. The Morgan fingerprint density at radius 1 is 1.05 bits per heavy atom. The van der Waals surface area contributed by atoms with E-state index in [1.165, 1.54) is 11.1 Å². The van der Waals surface area contributed by atoms with Crippen LogP contribution in [0.15, 0.2) is 42.5 Å². The van der Waals surface area contributed by atoms with E-state index in [0.717, 1.165) is 28.9 Å². The van der Waals surface area contributed by atoms with Crippen LogP contribution in [0.25, 0.3) is 16.9 Å². The van der Waals surface area contributed by atoms with Crippen LogP contribution >= 0.6 is 0 Å². The largest absolute Gasteiger partial charge is 0.382 e. The lowest BCUT2D eigenvalue weighted by molar-refractivity contribution is 0.805. The summed E-state index contributed by atoms with van der Waals surface area (Å²) in [6.07, 6.45) is 1.02. The van der Waals surface area contributed by atoms with Gasteiger partial charge in [-0.1, -0.05) is 48.5 Å². The number of nitrogens with two attached hydrogens (primary N) is 1. The molecule has 0 fully saturated rings. The van der Waals surface area contributed by atoms with Crippen molar-refractivity contribution in [2.45, 2.75) is 27.2 Å². The van der Waals surface area contributed by atoms with E-state index >= 15 is 0 Å². The van der Waals surface area contributed by atoms with E-state index in [1.54, 1.807) is 4.68 Å². The maximum absolute atomic E-state index is 6.29. The number of benzene rings is 2. The third-order valence-electron chi connectivity index (χ3n) is 3.93. The highest BCUT2D eigenvalue weighted by Gasteiger charge is 2.14. The van der Waals surface area contributed by atoms with Crippen molar-refractivity contribution in [1.29, 1.82) is 0 Å². The van der Waals surface area contributed by atoms with E-state index in [9.17, 15) is 0 Å². The number of aromatic nitrogens is 3. The van der Waals surface area contributed by atoms with Crippen LogP contribution in [0.4, 0.5) is 5.82 Å². The second-order valence-electron chi connectivity index (χ2n) is 5.58. The smallest absolute Gasteiger partial charge is 0.155 e. The second kappa shape index (κ2) is 5.64. The van der Waals surface area contributed by atoms with Gasteiger partial charge in [0.15, 0.2) is 5.82 Å². The van der Waals surface area contributed by atoms with E-state index < -0.39 is 0 Å². The van der Waals surface area contributed by atoms with E-state index in [4.69, 9.17) is 5.73 Å². The number of hydrogen-bond donors (Lipinski definition) is 1. The third kappa shape index (κ3) is 2.48. The highest BCUT2D eigenvalue weighted by molar-refractivity contribution is 5.71. The second-order valence-corrected chi connectivity index (χ2v) is 5.58. The maximum Gasteiger partial charge on any atom is 0.155 e. The van der Waals surface area contributed by atoms with E-state index in [1.807, 2.05) is 19.1 Å². The molecule has 4 nitrogen and oxygen atoms in total. The average Bonchev–Trinajstić information content (AvgIpc) is 2.91. The minimum Gasteiger partial charge on any atom is -0.382 e. The molecule has 1 aromatic heterocycles. The minimum absolute atomic E-state index is 0.568. The number of nitrogens with zero attached hydrogens (tertiary/aromatic N) is 3. The molecule has 112 valence electrons. The van der Waals surface area contributed by atoms with E-state index in [0.29, 0.717) is 5.82 Å². The Morgan fingerprint density at radius 3 is 2.45 bits per heavy atom. The van der Waals surface area contributed by atoms with Crippen molar-refractivity contribution < 1.29 is 0 Å². The van der Waals surface area contributed by atoms with Crippen molar-refractivity contribution in [3.05, 3.63) is 59.2 Å². The number of rotatable bonds is 3. The summed E-state index contributed by atoms with van der Waals surface area (Å²) < 4.78 is 1.71. The molecule has 0 spiro atoms. The lowest BCUT2D eigenvalue weighted by Crippen LogP contribution is -2.04. The van der Waals surface area contributed by atoms with Crippen LogP contribution in [0.2, 0.25) is 0 Å². The summed E-state index contributed by atoms with van der Waals surface area (Å²) >= 11 is 0. The maximum atomic E-state index is 6.29. The molecule has 1 heterocycles. The Hall–Kier alpha value is -2.62. The van der Waals surface area contributed by atoms with Gasteiger partial charge in [0.25, 0.3) is 0 Å². The fourth-order valence-electron chi connectivity index (χ4n) is 2.52. The quantitative estimate of drug-likeness (QED) is 0.801. The first-order valence-corrected chi connectivity index (χ1v) is 7.48. The van der Waals surface area contributed by atoms with E-state index in [-0.39, 0.29) is 0 Å². The number of aryl methyl sites for hydroxylation is 3. The molecule has 3 aromatic rings.